The van der Waals surface area contributed by atoms with E-state index >= 15 is 0 Å². The number of hydrazone groups is 1. The fourth-order valence-electron chi connectivity index (χ4n) is 2.56. The molecule has 0 aliphatic carbocycles. The number of anilines is 1. The molecule has 1 N–H and O–H groups in total. The summed E-state index contributed by atoms with van der Waals surface area (Å²) >= 11 is 30.6. The third-order valence-electron chi connectivity index (χ3n) is 4.03. The van der Waals surface area contributed by atoms with Gasteiger partial charge in [-0.25, -0.2) is 9.18 Å². The number of ether oxygens (including phenoxy) is 1. The van der Waals surface area contributed by atoms with Crippen LogP contribution in [-0.4, -0.2) is 11.7 Å². The Morgan fingerprint density at radius 1 is 0.903 bits per heavy atom. The van der Waals surface area contributed by atoms with Crippen molar-refractivity contribution in [1.29, 1.82) is 0 Å². The molecule has 0 atom stereocenters. The van der Waals surface area contributed by atoms with E-state index in [0.717, 1.165) is 6.07 Å². The lowest BCUT2D eigenvalue weighted by Gasteiger charge is -2.14. The van der Waals surface area contributed by atoms with Gasteiger partial charge in [-0.05, 0) is 43.3 Å². The Labute approximate surface area is 202 Å². The predicted octanol–water partition coefficient (Wildman–Crippen LogP) is 8.15. The summed E-state index contributed by atoms with van der Waals surface area (Å²) in [4.78, 5) is 12.5. The van der Waals surface area contributed by atoms with E-state index in [-0.39, 0.29) is 31.4 Å². The van der Waals surface area contributed by atoms with Crippen molar-refractivity contribution >= 4 is 75.4 Å². The minimum absolute atomic E-state index is 0.0318. The van der Waals surface area contributed by atoms with Gasteiger partial charge in [0.2, 0.25) is 0 Å². The number of rotatable bonds is 5. The van der Waals surface area contributed by atoms with E-state index in [0.29, 0.717) is 22.0 Å². The highest BCUT2D eigenvalue weighted by molar-refractivity contribution is 6.41. The van der Waals surface area contributed by atoms with Gasteiger partial charge < -0.3 is 4.74 Å². The van der Waals surface area contributed by atoms with E-state index in [2.05, 4.69) is 10.5 Å². The number of halogens is 6. The molecule has 10 heteroatoms. The number of esters is 1. The van der Waals surface area contributed by atoms with Crippen LogP contribution < -0.4 is 10.2 Å². The summed E-state index contributed by atoms with van der Waals surface area (Å²) in [7, 11) is 0. The predicted molar refractivity (Wildman–Crippen MR) is 125 cm³/mol. The summed E-state index contributed by atoms with van der Waals surface area (Å²) in [5.41, 5.74) is 3.46. The lowest BCUT2D eigenvalue weighted by molar-refractivity contribution is 0.0729. The molecule has 0 fully saturated rings. The molecule has 0 bridgehead atoms. The van der Waals surface area contributed by atoms with Crippen LogP contribution in [0, 0.1) is 5.82 Å². The van der Waals surface area contributed by atoms with Crippen LogP contribution in [0.1, 0.15) is 22.8 Å². The van der Waals surface area contributed by atoms with Gasteiger partial charge in [-0.1, -0.05) is 70.1 Å². The minimum Gasteiger partial charge on any atom is -0.421 e. The summed E-state index contributed by atoms with van der Waals surface area (Å²) in [6, 6.07) is 11.3. The molecule has 0 radical (unpaired) electrons. The number of carbonyl (C=O) groups is 1. The first-order chi connectivity index (χ1) is 14.7. The molecule has 0 saturated heterocycles. The number of hydrogen-bond donors (Lipinski definition) is 1. The molecule has 3 aromatic rings. The smallest absolute Gasteiger partial charge is 0.346 e. The summed E-state index contributed by atoms with van der Waals surface area (Å²) in [6.07, 6.45) is 0. The van der Waals surface area contributed by atoms with Crippen molar-refractivity contribution in [1.82, 2.24) is 0 Å². The molecular formula is C21H12Cl5FN2O2. The number of nitrogens with zero attached hydrogens (tertiary/aromatic N) is 1. The molecule has 0 aliphatic rings. The zero-order valence-electron chi connectivity index (χ0n) is 15.7. The van der Waals surface area contributed by atoms with Crippen LogP contribution in [0.4, 0.5) is 10.1 Å². The van der Waals surface area contributed by atoms with E-state index in [4.69, 9.17) is 62.7 Å². The Balaban J connectivity index is 1.96. The van der Waals surface area contributed by atoms with Crippen molar-refractivity contribution in [2.24, 2.45) is 5.10 Å². The average Bonchev–Trinajstić information content (AvgIpc) is 2.69. The monoisotopic (exact) mass is 518 g/mol. The summed E-state index contributed by atoms with van der Waals surface area (Å²) < 4.78 is 19.3. The molecular weight excluding hydrogens is 509 g/mol. The molecule has 0 aromatic heterocycles. The van der Waals surface area contributed by atoms with Gasteiger partial charge in [-0.2, -0.15) is 5.10 Å². The van der Waals surface area contributed by atoms with Crippen LogP contribution in [0.5, 0.6) is 5.75 Å². The Morgan fingerprint density at radius 2 is 1.48 bits per heavy atom. The van der Waals surface area contributed by atoms with Crippen LogP contribution in [0.25, 0.3) is 0 Å². The van der Waals surface area contributed by atoms with Gasteiger partial charge in [0.1, 0.15) is 5.82 Å². The van der Waals surface area contributed by atoms with Crippen LogP contribution in [-0.2, 0) is 0 Å². The van der Waals surface area contributed by atoms with Gasteiger partial charge in [0.15, 0.2) is 5.75 Å². The maximum absolute atomic E-state index is 14.0. The second-order valence-corrected chi connectivity index (χ2v) is 8.28. The highest BCUT2D eigenvalue weighted by atomic mass is 35.5. The molecule has 0 amide bonds. The van der Waals surface area contributed by atoms with Crippen molar-refractivity contribution in [2.75, 3.05) is 5.43 Å². The Morgan fingerprint density at radius 3 is 2.13 bits per heavy atom. The van der Waals surface area contributed by atoms with Crippen LogP contribution >= 0.6 is 58.0 Å². The minimum atomic E-state index is -0.923. The lowest BCUT2D eigenvalue weighted by atomic mass is 10.1. The Bertz CT molecular complexity index is 1180. The molecule has 0 unspecified atom stereocenters. The van der Waals surface area contributed by atoms with Crippen LogP contribution in [0.3, 0.4) is 0 Å². The number of nitrogens with one attached hydrogen (secondary N) is 1. The first-order valence-electron chi connectivity index (χ1n) is 8.58. The third kappa shape index (κ3) is 5.62. The Hall–Kier alpha value is -2.02. The molecule has 3 aromatic carbocycles. The number of carbonyl (C=O) groups excluding carboxylic acids is 1. The molecule has 31 heavy (non-hydrogen) atoms. The highest BCUT2D eigenvalue weighted by Crippen LogP contribution is 2.35. The fraction of sp³-hybridized carbons (Fsp3) is 0.0476. The zero-order chi connectivity index (χ0) is 22.7. The van der Waals surface area contributed by atoms with Crippen molar-refractivity contribution < 1.29 is 13.9 Å². The molecule has 0 spiro atoms. The second-order valence-electron chi connectivity index (χ2n) is 6.19. The van der Waals surface area contributed by atoms with Crippen LogP contribution in [0.15, 0.2) is 53.6 Å². The van der Waals surface area contributed by atoms with Gasteiger partial charge in [0.25, 0.3) is 0 Å². The maximum atomic E-state index is 14.0. The van der Waals surface area contributed by atoms with Crippen LogP contribution in [0.2, 0.25) is 25.1 Å². The molecule has 0 aliphatic heterocycles. The summed E-state index contributed by atoms with van der Waals surface area (Å²) in [5.74, 6) is -1.68. The van der Waals surface area contributed by atoms with Gasteiger partial charge >= 0.3 is 5.97 Å². The largest absolute Gasteiger partial charge is 0.421 e. The molecule has 0 heterocycles. The van der Waals surface area contributed by atoms with Gasteiger partial charge in [0, 0.05) is 15.6 Å². The SMILES string of the molecule is CC(=NNc1c(Cl)cc(Cl)cc1Cl)c1cc(Cl)cc(Cl)c1OC(=O)c1ccccc1F. The maximum Gasteiger partial charge on any atom is 0.346 e. The Kier molecular flexibility index (Phi) is 7.68. The number of hydrogen-bond acceptors (Lipinski definition) is 4. The zero-order valence-corrected chi connectivity index (χ0v) is 19.4. The van der Waals surface area contributed by atoms with Crippen molar-refractivity contribution in [3.63, 3.8) is 0 Å². The number of benzene rings is 3. The van der Waals surface area contributed by atoms with Gasteiger partial charge in [0.05, 0.1) is 32.0 Å². The first-order valence-corrected chi connectivity index (χ1v) is 10.5. The fourth-order valence-corrected chi connectivity index (χ4v) is 3.99. The van der Waals surface area contributed by atoms with E-state index < -0.39 is 11.8 Å². The summed E-state index contributed by atoms with van der Waals surface area (Å²) in [6.45, 7) is 1.62. The second kappa shape index (κ2) is 10.1. The average molecular weight is 521 g/mol. The normalized spacial score (nSPS) is 11.4. The lowest BCUT2D eigenvalue weighted by Crippen LogP contribution is -2.13. The topological polar surface area (TPSA) is 50.7 Å². The van der Waals surface area contributed by atoms with E-state index in [9.17, 15) is 9.18 Å². The van der Waals surface area contributed by atoms with E-state index in [1.807, 2.05) is 0 Å². The molecule has 0 saturated carbocycles. The van der Waals surface area contributed by atoms with E-state index in [1.54, 1.807) is 6.92 Å². The van der Waals surface area contributed by atoms with Gasteiger partial charge in [-0.3, -0.25) is 5.43 Å². The molecule has 160 valence electrons. The van der Waals surface area contributed by atoms with Crippen molar-refractivity contribution in [3.05, 3.63) is 90.6 Å². The molecule has 4 nitrogen and oxygen atoms in total. The quantitative estimate of drug-likeness (QED) is 0.160. The molecule has 3 rings (SSSR count). The first kappa shape index (κ1) is 23.6. The highest BCUT2D eigenvalue weighted by Gasteiger charge is 2.20. The standard InChI is InChI=1S/C21H12Cl5FN2O2/c1-10(28-29-19-15(24)7-12(23)8-16(19)25)14-6-11(22)9-17(26)20(14)31-21(30)13-4-2-3-5-18(13)27/h2-9,29H,1H3. The third-order valence-corrected chi connectivity index (χ3v) is 5.34. The van der Waals surface area contributed by atoms with E-state index in [1.165, 1.54) is 42.5 Å². The van der Waals surface area contributed by atoms with Gasteiger partial charge in [-0.15, -0.1) is 0 Å². The summed E-state index contributed by atoms with van der Waals surface area (Å²) in [5, 5.41) is 5.43. The van der Waals surface area contributed by atoms with Crippen molar-refractivity contribution in [2.45, 2.75) is 6.92 Å². The van der Waals surface area contributed by atoms with Crippen molar-refractivity contribution in [3.8, 4) is 5.75 Å².